The lowest BCUT2D eigenvalue weighted by atomic mass is 10.1. The summed E-state index contributed by atoms with van der Waals surface area (Å²) in [5, 5.41) is 0. The van der Waals surface area contributed by atoms with Gasteiger partial charge in [-0.3, -0.25) is 4.98 Å². The van der Waals surface area contributed by atoms with Crippen molar-refractivity contribution in [2.75, 3.05) is 19.8 Å². The van der Waals surface area contributed by atoms with Crippen LogP contribution in [0.15, 0.2) is 42.6 Å². The van der Waals surface area contributed by atoms with Crippen LogP contribution in [-0.4, -0.2) is 31.0 Å². The maximum Gasteiger partial charge on any atom is 0.119 e. The number of nitrogens with zero attached hydrogens (tertiary/aromatic N) is 1. The topological polar surface area (TPSA) is 31.4 Å². The largest absolute Gasteiger partial charge is 0.494 e. The summed E-state index contributed by atoms with van der Waals surface area (Å²) in [6, 6.07) is 12.2. The molecule has 172 valence electrons. The molecule has 1 aromatic carbocycles. The van der Waals surface area contributed by atoms with E-state index >= 15 is 0 Å². The summed E-state index contributed by atoms with van der Waals surface area (Å²) in [6.45, 7) is 6.29. The van der Waals surface area contributed by atoms with Crippen LogP contribution in [0.3, 0.4) is 0 Å². The number of pyridine rings is 1. The Kier molecular flexibility index (Phi) is 12.9. The minimum Gasteiger partial charge on any atom is -0.494 e. The van der Waals surface area contributed by atoms with Crippen LogP contribution in [-0.2, 0) is 11.2 Å². The SMILES string of the molecule is CCCCCCCCOc1ccc(-c2ccc(CCC(F)CCOCCC)cn2)cc1. The Morgan fingerprint density at radius 2 is 1.58 bits per heavy atom. The molecule has 2 aromatic rings. The summed E-state index contributed by atoms with van der Waals surface area (Å²) in [4.78, 5) is 4.57. The maximum absolute atomic E-state index is 14.0. The number of rotatable bonds is 17. The molecule has 0 bridgehead atoms. The third-order valence-corrected chi connectivity index (χ3v) is 5.41. The Morgan fingerprint density at radius 3 is 2.29 bits per heavy atom. The first-order valence-corrected chi connectivity index (χ1v) is 12.1. The fraction of sp³-hybridized carbons (Fsp3) is 0.593. The van der Waals surface area contributed by atoms with Gasteiger partial charge in [0.2, 0.25) is 0 Å². The number of hydrogen-bond acceptors (Lipinski definition) is 3. The number of benzene rings is 1. The molecule has 4 heteroatoms. The molecule has 1 unspecified atom stereocenters. The van der Waals surface area contributed by atoms with E-state index in [9.17, 15) is 4.39 Å². The van der Waals surface area contributed by atoms with Crippen molar-refractivity contribution in [1.29, 1.82) is 0 Å². The van der Waals surface area contributed by atoms with Crippen molar-refractivity contribution in [1.82, 2.24) is 4.98 Å². The van der Waals surface area contributed by atoms with Gasteiger partial charge in [0.15, 0.2) is 0 Å². The molecule has 1 aromatic heterocycles. The van der Waals surface area contributed by atoms with Gasteiger partial charge in [0.25, 0.3) is 0 Å². The third-order valence-electron chi connectivity index (χ3n) is 5.41. The molecular formula is C27H40FNO2. The van der Waals surface area contributed by atoms with Crippen LogP contribution in [0.1, 0.15) is 77.2 Å². The summed E-state index contributed by atoms with van der Waals surface area (Å²) in [7, 11) is 0. The van der Waals surface area contributed by atoms with Crippen LogP contribution in [0.25, 0.3) is 11.3 Å². The average molecular weight is 430 g/mol. The molecule has 0 fully saturated rings. The van der Waals surface area contributed by atoms with Crippen molar-refractivity contribution >= 4 is 0 Å². The molecule has 3 nitrogen and oxygen atoms in total. The number of ether oxygens (including phenoxy) is 2. The first-order chi connectivity index (χ1) is 15.2. The minimum atomic E-state index is -0.819. The second kappa shape index (κ2) is 15.8. The van der Waals surface area contributed by atoms with Gasteiger partial charge in [0.1, 0.15) is 11.9 Å². The maximum atomic E-state index is 14.0. The number of alkyl halides is 1. The van der Waals surface area contributed by atoms with E-state index in [4.69, 9.17) is 9.47 Å². The number of halogens is 1. The van der Waals surface area contributed by atoms with Crippen molar-refractivity contribution in [3.8, 4) is 17.0 Å². The van der Waals surface area contributed by atoms with Gasteiger partial charge in [-0.2, -0.15) is 0 Å². The second-order valence-electron chi connectivity index (χ2n) is 8.23. The molecule has 31 heavy (non-hydrogen) atoms. The van der Waals surface area contributed by atoms with E-state index in [0.29, 0.717) is 32.5 Å². The van der Waals surface area contributed by atoms with E-state index in [0.717, 1.165) is 42.0 Å². The van der Waals surface area contributed by atoms with Crippen LogP contribution >= 0.6 is 0 Å². The molecule has 0 amide bonds. The highest BCUT2D eigenvalue weighted by atomic mass is 19.1. The molecule has 0 N–H and O–H groups in total. The molecule has 0 aliphatic carbocycles. The fourth-order valence-corrected chi connectivity index (χ4v) is 3.46. The Hall–Kier alpha value is -1.94. The highest BCUT2D eigenvalue weighted by Crippen LogP contribution is 2.22. The van der Waals surface area contributed by atoms with Gasteiger partial charge in [-0.05, 0) is 61.6 Å². The quantitative estimate of drug-likeness (QED) is 0.243. The van der Waals surface area contributed by atoms with E-state index in [1.54, 1.807) is 0 Å². The molecule has 0 spiro atoms. The summed E-state index contributed by atoms with van der Waals surface area (Å²) in [5.74, 6) is 0.908. The predicted octanol–water partition coefficient (Wildman–Crippen LogP) is 7.58. The van der Waals surface area contributed by atoms with E-state index in [2.05, 4.69) is 18.8 Å². The lowest BCUT2D eigenvalue weighted by molar-refractivity contribution is 0.110. The zero-order chi connectivity index (χ0) is 22.2. The summed E-state index contributed by atoms with van der Waals surface area (Å²) < 4.78 is 25.2. The van der Waals surface area contributed by atoms with Crippen molar-refractivity contribution < 1.29 is 13.9 Å². The van der Waals surface area contributed by atoms with Gasteiger partial charge in [-0.25, -0.2) is 4.39 Å². The predicted molar refractivity (Wildman–Crippen MR) is 127 cm³/mol. The molecule has 2 rings (SSSR count). The van der Waals surface area contributed by atoms with Crippen molar-refractivity contribution in [2.24, 2.45) is 0 Å². The lowest BCUT2D eigenvalue weighted by Gasteiger charge is -2.09. The van der Waals surface area contributed by atoms with Crippen molar-refractivity contribution in [3.05, 3.63) is 48.2 Å². The molecule has 1 heterocycles. The first-order valence-electron chi connectivity index (χ1n) is 12.1. The van der Waals surface area contributed by atoms with Gasteiger partial charge in [0, 0.05) is 31.4 Å². The van der Waals surface area contributed by atoms with E-state index in [-0.39, 0.29) is 0 Å². The number of unbranched alkanes of at least 4 members (excludes halogenated alkanes) is 5. The molecule has 1 atom stereocenters. The molecule has 0 radical (unpaired) electrons. The Balaban J connectivity index is 1.69. The fourth-order valence-electron chi connectivity index (χ4n) is 3.46. The zero-order valence-corrected chi connectivity index (χ0v) is 19.5. The first kappa shape index (κ1) is 25.3. The van der Waals surface area contributed by atoms with Gasteiger partial charge < -0.3 is 9.47 Å². The number of aromatic nitrogens is 1. The highest BCUT2D eigenvalue weighted by molar-refractivity contribution is 5.60. The zero-order valence-electron chi connectivity index (χ0n) is 19.5. The molecule has 0 aliphatic rings. The molecule has 0 saturated heterocycles. The van der Waals surface area contributed by atoms with E-state index in [1.165, 1.54) is 32.1 Å². The van der Waals surface area contributed by atoms with Crippen molar-refractivity contribution in [3.63, 3.8) is 0 Å². The second-order valence-corrected chi connectivity index (χ2v) is 8.23. The third kappa shape index (κ3) is 10.8. The number of aryl methyl sites for hydroxylation is 1. The van der Waals surface area contributed by atoms with Gasteiger partial charge in [0.05, 0.1) is 12.3 Å². The standard InChI is InChI=1S/C27H40FNO2/c1-3-5-6-7-8-9-20-31-26-15-12-24(13-16-26)27-17-11-23(22-29-27)10-14-25(28)18-21-30-19-4-2/h11-13,15-17,22,25H,3-10,14,18-21H2,1-2H3. The normalized spacial score (nSPS) is 12.1. The van der Waals surface area contributed by atoms with Crippen LogP contribution in [0.5, 0.6) is 5.75 Å². The molecule has 0 saturated carbocycles. The average Bonchev–Trinajstić information content (AvgIpc) is 2.81. The Bertz CT molecular complexity index is 687. The minimum absolute atomic E-state index is 0.471. The molecular weight excluding hydrogens is 389 g/mol. The van der Waals surface area contributed by atoms with Crippen molar-refractivity contribution in [2.45, 2.75) is 84.2 Å². The molecule has 0 aliphatic heterocycles. The van der Waals surface area contributed by atoms with Gasteiger partial charge in [-0.15, -0.1) is 0 Å². The lowest BCUT2D eigenvalue weighted by Crippen LogP contribution is -2.07. The smallest absolute Gasteiger partial charge is 0.119 e. The summed E-state index contributed by atoms with van der Waals surface area (Å²) in [6.07, 6.45) is 11.3. The Morgan fingerprint density at radius 1 is 0.806 bits per heavy atom. The summed E-state index contributed by atoms with van der Waals surface area (Å²) >= 11 is 0. The van der Waals surface area contributed by atoms with E-state index < -0.39 is 6.17 Å². The van der Waals surface area contributed by atoms with Crippen LogP contribution < -0.4 is 4.74 Å². The van der Waals surface area contributed by atoms with Crippen LogP contribution in [0, 0.1) is 0 Å². The van der Waals surface area contributed by atoms with Crippen LogP contribution in [0.4, 0.5) is 4.39 Å². The van der Waals surface area contributed by atoms with Gasteiger partial charge >= 0.3 is 0 Å². The Labute approximate surface area is 188 Å². The number of hydrogen-bond donors (Lipinski definition) is 0. The highest BCUT2D eigenvalue weighted by Gasteiger charge is 2.08. The monoisotopic (exact) mass is 429 g/mol. The summed E-state index contributed by atoms with van der Waals surface area (Å²) in [5.41, 5.74) is 3.06. The van der Waals surface area contributed by atoms with E-state index in [1.807, 2.05) is 42.6 Å². The van der Waals surface area contributed by atoms with Crippen LogP contribution in [0.2, 0.25) is 0 Å². The van der Waals surface area contributed by atoms with Gasteiger partial charge in [-0.1, -0.05) is 52.0 Å².